The van der Waals surface area contributed by atoms with Crippen LogP contribution in [-0.4, -0.2) is 56.1 Å². The van der Waals surface area contributed by atoms with Gasteiger partial charge in [0.25, 0.3) is 0 Å². The highest BCUT2D eigenvalue weighted by molar-refractivity contribution is 5.85. The molecule has 0 saturated carbocycles. The zero-order valence-corrected chi connectivity index (χ0v) is 9.52. The number of piperidine rings is 1. The summed E-state index contributed by atoms with van der Waals surface area (Å²) in [5.74, 6) is 0. The fourth-order valence-corrected chi connectivity index (χ4v) is 1.84. The maximum atomic E-state index is 5.50. The van der Waals surface area contributed by atoms with Gasteiger partial charge in [-0.05, 0) is 40.0 Å². The van der Waals surface area contributed by atoms with Crippen LogP contribution in [0, 0.1) is 0 Å². The van der Waals surface area contributed by atoms with E-state index in [2.05, 4.69) is 23.9 Å². The molecule has 1 fully saturated rings. The molecule has 1 heterocycles. The zero-order chi connectivity index (χ0) is 8.97. The van der Waals surface area contributed by atoms with Crippen molar-refractivity contribution in [3.05, 3.63) is 0 Å². The van der Waals surface area contributed by atoms with Gasteiger partial charge in [0.1, 0.15) is 0 Å². The molecule has 0 aromatic heterocycles. The van der Waals surface area contributed by atoms with Crippen molar-refractivity contribution in [2.24, 2.45) is 5.73 Å². The molecule has 1 saturated heterocycles. The zero-order valence-electron chi connectivity index (χ0n) is 8.70. The van der Waals surface area contributed by atoms with Gasteiger partial charge >= 0.3 is 0 Å². The number of nitrogens with two attached hydrogens (primary N) is 1. The van der Waals surface area contributed by atoms with Crippen LogP contribution in [0.15, 0.2) is 0 Å². The van der Waals surface area contributed by atoms with Gasteiger partial charge in [-0.2, -0.15) is 0 Å². The van der Waals surface area contributed by atoms with Gasteiger partial charge in [0.15, 0.2) is 0 Å². The second-order valence-corrected chi connectivity index (χ2v) is 3.83. The molecule has 1 aliphatic heterocycles. The first-order valence-corrected chi connectivity index (χ1v) is 4.83. The number of halogens is 1. The number of rotatable bonds is 3. The molecule has 2 N–H and O–H groups in total. The molecule has 0 bridgehead atoms. The highest BCUT2D eigenvalue weighted by atomic mass is 35.5. The molecule has 80 valence electrons. The van der Waals surface area contributed by atoms with Crippen molar-refractivity contribution in [3.8, 4) is 0 Å². The lowest BCUT2D eigenvalue weighted by atomic mass is 10.0. The van der Waals surface area contributed by atoms with Crippen LogP contribution in [0.3, 0.4) is 0 Å². The average Bonchev–Trinajstić information content (AvgIpc) is 2.06. The molecule has 0 aliphatic carbocycles. The number of nitrogens with zero attached hydrogens (tertiary/aromatic N) is 2. The molecule has 13 heavy (non-hydrogen) atoms. The Morgan fingerprint density at radius 1 is 1.31 bits per heavy atom. The van der Waals surface area contributed by atoms with Crippen molar-refractivity contribution in [3.63, 3.8) is 0 Å². The van der Waals surface area contributed by atoms with Crippen molar-refractivity contribution in [2.75, 3.05) is 40.3 Å². The molecule has 0 atom stereocenters. The quantitative estimate of drug-likeness (QED) is 0.727. The highest BCUT2D eigenvalue weighted by Crippen LogP contribution is 2.13. The molecule has 0 unspecified atom stereocenters. The predicted molar refractivity (Wildman–Crippen MR) is 59.5 cm³/mol. The summed E-state index contributed by atoms with van der Waals surface area (Å²) in [4.78, 5) is 4.79. The Bertz CT molecular complexity index is 122. The number of likely N-dealkylation sites (tertiary alicyclic amines) is 1. The van der Waals surface area contributed by atoms with Gasteiger partial charge in [-0.15, -0.1) is 12.4 Å². The number of hydrogen-bond acceptors (Lipinski definition) is 3. The Kier molecular flexibility index (Phi) is 6.68. The molecule has 1 rings (SSSR count). The summed E-state index contributed by atoms with van der Waals surface area (Å²) in [6, 6.07) is 0.791. The first kappa shape index (κ1) is 13.2. The van der Waals surface area contributed by atoms with Crippen molar-refractivity contribution >= 4 is 12.4 Å². The van der Waals surface area contributed by atoms with E-state index in [1.165, 1.54) is 25.9 Å². The van der Waals surface area contributed by atoms with Gasteiger partial charge in [-0.1, -0.05) is 0 Å². The van der Waals surface area contributed by atoms with Crippen LogP contribution < -0.4 is 5.73 Å². The molecular formula is C9H22ClN3. The van der Waals surface area contributed by atoms with Crippen LogP contribution >= 0.6 is 12.4 Å². The Balaban J connectivity index is 0.00000144. The highest BCUT2D eigenvalue weighted by Gasteiger charge is 2.19. The molecule has 0 radical (unpaired) electrons. The summed E-state index contributed by atoms with van der Waals surface area (Å²) in [6.07, 6.45) is 2.60. The van der Waals surface area contributed by atoms with Gasteiger partial charge in [0.05, 0.1) is 0 Å². The van der Waals surface area contributed by atoms with Crippen molar-refractivity contribution in [2.45, 2.75) is 18.9 Å². The minimum atomic E-state index is 0. The van der Waals surface area contributed by atoms with Crippen molar-refractivity contribution < 1.29 is 0 Å². The average molecular weight is 208 g/mol. The minimum Gasteiger partial charge on any atom is -0.329 e. The van der Waals surface area contributed by atoms with E-state index in [0.29, 0.717) is 0 Å². The van der Waals surface area contributed by atoms with Gasteiger partial charge in [-0.3, -0.25) is 0 Å². The van der Waals surface area contributed by atoms with E-state index < -0.39 is 0 Å². The third-order valence-electron chi connectivity index (χ3n) is 2.73. The minimum absolute atomic E-state index is 0. The third-order valence-corrected chi connectivity index (χ3v) is 2.73. The van der Waals surface area contributed by atoms with Crippen LogP contribution in [0.1, 0.15) is 12.8 Å². The Morgan fingerprint density at radius 3 is 2.23 bits per heavy atom. The Hall–Kier alpha value is 0.170. The van der Waals surface area contributed by atoms with Crippen LogP contribution in [0.25, 0.3) is 0 Å². The summed E-state index contributed by atoms with van der Waals surface area (Å²) < 4.78 is 0. The van der Waals surface area contributed by atoms with Crippen molar-refractivity contribution in [1.29, 1.82) is 0 Å². The van der Waals surface area contributed by atoms with E-state index in [0.717, 1.165) is 19.1 Å². The van der Waals surface area contributed by atoms with E-state index in [-0.39, 0.29) is 12.4 Å². The summed E-state index contributed by atoms with van der Waals surface area (Å²) >= 11 is 0. The van der Waals surface area contributed by atoms with Crippen LogP contribution in [-0.2, 0) is 0 Å². The van der Waals surface area contributed by atoms with Gasteiger partial charge in [-0.25, -0.2) is 0 Å². The monoisotopic (exact) mass is 207 g/mol. The molecular weight excluding hydrogens is 186 g/mol. The van der Waals surface area contributed by atoms with E-state index in [1.54, 1.807) is 0 Å². The molecule has 0 amide bonds. The maximum absolute atomic E-state index is 5.50. The van der Waals surface area contributed by atoms with Crippen molar-refractivity contribution in [1.82, 2.24) is 9.80 Å². The number of hydrogen-bond donors (Lipinski definition) is 1. The van der Waals surface area contributed by atoms with E-state index in [4.69, 9.17) is 5.73 Å². The largest absolute Gasteiger partial charge is 0.329 e. The normalized spacial score (nSPS) is 20.3. The summed E-state index contributed by atoms with van der Waals surface area (Å²) in [6.45, 7) is 4.31. The van der Waals surface area contributed by atoms with Crippen LogP contribution in [0.5, 0.6) is 0 Å². The Morgan fingerprint density at radius 2 is 1.85 bits per heavy atom. The van der Waals surface area contributed by atoms with Crippen LogP contribution in [0.4, 0.5) is 0 Å². The Labute approximate surface area is 87.7 Å². The van der Waals surface area contributed by atoms with Gasteiger partial charge < -0.3 is 15.5 Å². The van der Waals surface area contributed by atoms with E-state index in [1.807, 2.05) is 0 Å². The first-order chi connectivity index (χ1) is 5.74. The van der Waals surface area contributed by atoms with Gasteiger partial charge in [0, 0.05) is 19.1 Å². The summed E-state index contributed by atoms with van der Waals surface area (Å²) in [5, 5.41) is 0. The summed E-state index contributed by atoms with van der Waals surface area (Å²) in [5.41, 5.74) is 5.50. The molecule has 4 heteroatoms. The molecule has 1 aliphatic rings. The van der Waals surface area contributed by atoms with Gasteiger partial charge in [0.2, 0.25) is 0 Å². The summed E-state index contributed by atoms with van der Waals surface area (Å²) in [7, 11) is 4.34. The smallest absolute Gasteiger partial charge is 0.0113 e. The predicted octanol–water partition coefficient (Wildman–Crippen LogP) is 0.393. The lowest BCUT2D eigenvalue weighted by molar-refractivity contribution is 0.148. The lowest BCUT2D eigenvalue weighted by Gasteiger charge is -2.34. The molecule has 3 nitrogen and oxygen atoms in total. The SMILES string of the molecule is CN(C)C1CCN(CCN)CC1.Cl. The molecule has 0 aromatic carbocycles. The fraction of sp³-hybridized carbons (Fsp3) is 1.00. The van der Waals surface area contributed by atoms with E-state index in [9.17, 15) is 0 Å². The molecule has 0 aromatic rings. The topological polar surface area (TPSA) is 32.5 Å². The second kappa shape index (κ2) is 6.60. The maximum Gasteiger partial charge on any atom is 0.0113 e. The van der Waals surface area contributed by atoms with E-state index >= 15 is 0 Å². The first-order valence-electron chi connectivity index (χ1n) is 4.83. The molecule has 0 spiro atoms. The fourth-order valence-electron chi connectivity index (χ4n) is 1.84. The lowest BCUT2D eigenvalue weighted by Crippen LogP contribution is -2.43. The second-order valence-electron chi connectivity index (χ2n) is 3.83. The third kappa shape index (κ3) is 4.27. The van der Waals surface area contributed by atoms with Crippen LogP contribution in [0.2, 0.25) is 0 Å². The standard InChI is InChI=1S/C9H21N3.ClH/c1-11(2)9-3-6-12(7-4-9)8-5-10;/h9H,3-8,10H2,1-2H3;1H.